The fourth-order valence-corrected chi connectivity index (χ4v) is 3.17. The third-order valence-electron chi connectivity index (χ3n) is 4.86. The highest BCUT2D eigenvalue weighted by molar-refractivity contribution is 5.67. The van der Waals surface area contributed by atoms with E-state index in [0.717, 1.165) is 17.6 Å². The van der Waals surface area contributed by atoms with Crippen LogP contribution in [0.5, 0.6) is 0 Å². The van der Waals surface area contributed by atoms with E-state index in [0.29, 0.717) is 0 Å². The molecule has 4 nitrogen and oxygen atoms in total. The predicted molar refractivity (Wildman–Crippen MR) is 114 cm³/mol. The molecular weight excluding hydrogens is 352 g/mol. The molecule has 1 aliphatic rings. The molecule has 0 N–H and O–H groups in total. The van der Waals surface area contributed by atoms with Gasteiger partial charge in [-0.1, -0.05) is 61.4 Å². The monoisotopic (exact) mass is 386 g/mol. The Labute approximate surface area is 169 Å². The maximum Gasteiger partial charge on any atom is 0.303 e. The van der Waals surface area contributed by atoms with Gasteiger partial charge in [-0.2, -0.15) is 0 Å². The van der Waals surface area contributed by atoms with Gasteiger partial charge in [0.25, 0.3) is 0 Å². The lowest BCUT2D eigenvalue weighted by molar-refractivity contribution is -0.154. The van der Waals surface area contributed by atoms with E-state index >= 15 is 0 Å². The van der Waals surface area contributed by atoms with Gasteiger partial charge in [0.05, 0.1) is 0 Å². The molecule has 0 heterocycles. The Morgan fingerprint density at radius 2 is 1.82 bits per heavy atom. The molecule has 0 spiro atoms. The van der Waals surface area contributed by atoms with Gasteiger partial charge in [-0.05, 0) is 50.2 Å². The van der Waals surface area contributed by atoms with Crippen LogP contribution in [0, 0.1) is 5.41 Å². The molecular formula is C24H34O4. The summed E-state index contributed by atoms with van der Waals surface area (Å²) >= 11 is 0. The molecule has 0 radical (unpaired) electrons. The van der Waals surface area contributed by atoms with Gasteiger partial charge in [0.15, 0.2) is 6.10 Å². The molecule has 1 atom stereocenters. The Hall–Kier alpha value is -2.36. The van der Waals surface area contributed by atoms with Crippen LogP contribution in [0.4, 0.5) is 0 Å². The standard InChI is InChI=1S/C24H34O4/c1-17(13-14-22-18(2)12-9-15-24(22,6)7)10-8-11-19(3)23(28-21(5)26)16-27-20(4)25/h8,10-14,23H,9,15-16H2,1-7H3/b10-8+,17-13+,19-11+,22-14-/t23-/m0/s1. The summed E-state index contributed by atoms with van der Waals surface area (Å²) in [5, 5.41) is 0. The summed E-state index contributed by atoms with van der Waals surface area (Å²) in [6, 6.07) is 0. The van der Waals surface area contributed by atoms with E-state index in [9.17, 15) is 9.59 Å². The van der Waals surface area contributed by atoms with Crippen LogP contribution in [0.15, 0.2) is 58.7 Å². The lowest BCUT2D eigenvalue weighted by Crippen LogP contribution is -2.24. The van der Waals surface area contributed by atoms with Crippen molar-refractivity contribution in [3.05, 3.63) is 58.7 Å². The normalized spacial score (nSPS) is 20.1. The molecule has 0 amide bonds. The Balaban J connectivity index is 2.86. The molecule has 28 heavy (non-hydrogen) atoms. The molecule has 0 aromatic rings. The van der Waals surface area contributed by atoms with Crippen LogP contribution in [0.1, 0.15) is 61.3 Å². The second-order valence-electron chi connectivity index (χ2n) is 7.97. The summed E-state index contributed by atoms with van der Waals surface area (Å²) in [6.07, 6.45) is 14.2. The topological polar surface area (TPSA) is 52.6 Å². The van der Waals surface area contributed by atoms with E-state index in [1.54, 1.807) is 0 Å². The summed E-state index contributed by atoms with van der Waals surface area (Å²) in [4.78, 5) is 22.3. The zero-order valence-corrected chi connectivity index (χ0v) is 18.3. The van der Waals surface area contributed by atoms with Gasteiger partial charge in [0, 0.05) is 13.8 Å². The highest BCUT2D eigenvalue weighted by Crippen LogP contribution is 2.40. The average Bonchev–Trinajstić information content (AvgIpc) is 2.57. The molecule has 0 saturated heterocycles. The van der Waals surface area contributed by atoms with Crippen LogP contribution < -0.4 is 0 Å². The minimum atomic E-state index is -0.576. The molecule has 0 unspecified atom stereocenters. The van der Waals surface area contributed by atoms with E-state index in [-0.39, 0.29) is 12.0 Å². The van der Waals surface area contributed by atoms with Gasteiger partial charge in [0.1, 0.15) is 6.61 Å². The average molecular weight is 387 g/mol. The predicted octanol–water partition coefficient (Wildman–Crippen LogP) is 5.62. The minimum absolute atomic E-state index is 0.0205. The van der Waals surface area contributed by atoms with Crippen molar-refractivity contribution >= 4 is 11.9 Å². The van der Waals surface area contributed by atoms with E-state index in [2.05, 4.69) is 39.0 Å². The fraction of sp³-hybridized carbons (Fsp3) is 0.500. The quantitative estimate of drug-likeness (QED) is 0.421. The Kier molecular flexibility index (Phi) is 9.17. The first-order valence-electron chi connectivity index (χ1n) is 9.74. The van der Waals surface area contributed by atoms with Gasteiger partial charge >= 0.3 is 11.9 Å². The third kappa shape index (κ3) is 8.12. The summed E-state index contributed by atoms with van der Waals surface area (Å²) in [5.74, 6) is -0.808. The molecule has 1 rings (SSSR count). The van der Waals surface area contributed by atoms with Crippen molar-refractivity contribution in [2.24, 2.45) is 5.41 Å². The number of ether oxygens (including phenoxy) is 2. The highest BCUT2D eigenvalue weighted by Gasteiger charge is 2.26. The van der Waals surface area contributed by atoms with Crippen molar-refractivity contribution in [1.29, 1.82) is 0 Å². The second-order valence-corrected chi connectivity index (χ2v) is 7.97. The number of esters is 2. The highest BCUT2D eigenvalue weighted by atomic mass is 16.6. The minimum Gasteiger partial charge on any atom is -0.462 e. The molecule has 4 heteroatoms. The molecule has 0 aliphatic heterocycles. The van der Waals surface area contributed by atoms with Crippen LogP contribution in [0.2, 0.25) is 0 Å². The first-order chi connectivity index (χ1) is 13.0. The molecule has 154 valence electrons. The van der Waals surface area contributed by atoms with Crippen molar-refractivity contribution in [3.8, 4) is 0 Å². The molecule has 0 bridgehead atoms. The van der Waals surface area contributed by atoms with Crippen LogP contribution in [0.3, 0.4) is 0 Å². The lowest BCUT2D eigenvalue weighted by Gasteiger charge is -2.32. The Morgan fingerprint density at radius 1 is 1.14 bits per heavy atom. The summed E-state index contributed by atoms with van der Waals surface area (Å²) in [5.41, 5.74) is 4.87. The van der Waals surface area contributed by atoms with Crippen molar-refractivity contribution in [3.63, 3.8) is 0 Å². The number of hydrogen-bond donors (Lipinski definition) is 0. The zero-order valence-electron chi connectivity index (χ0n) is 18.3. The largest absolute Gasteiger partial charge is 0.462 e. The first-order valence-corrected chi connectivity index (χ1v) is 9.74. The number of allylic oxidation sites excluding steroid dienone is 9. The second kappa shape index (κ2) is 10.8. The first kappa shape index (κ1) is 23.7. The number of hydrogen-bond acceptors (Lipinski definition) is 4. The maximum absolute atomic E-state index is 11.3. The van der Waals surface area contributed by atoms with Gasteiger partial charge in [-0.25, -0.2) is 0 Å². The summed E-state index contributed by atoms with van der Waals surface area (Å²) in [6.45, 7) is 13.3. The van der Waals surface area contributed by atoms with Crippen molar-refractivity contribution in [2.45, 2.75) is 67.4 Å². The Bertz CT molecular complexity index is 730. The zero-order chi connectivity index (χ0) is 21.3. The number of carbonyl (C=O) groups excluding carboxylic acids is 2. The summed E-state index contributed by atoms with van der Waals surface area (Å²) in [7, 11) is 0. The molecule has 0 fully saturated rings. The van der Waals surface area contributed by atoms with Gasteiger partial charge in [0.2, 0.25) is 0 Å². The van der Waals surface area contributed by atoms with Gasteiger partial charge < -0.3 is 9.47 Å². The van der Waals surface area contributed by atoms with Crippen molar-refractivity contribution < 1.29 is 19.1 Å². The molecule has 0 aromatic carbocycles. The van der Waals surface area contributed by atoms with E-state index in [1.807, 2.05) is 32.1 Å². The molecule has 1 aliphatic carbocycles. The number of carbonyl (C=O) groups is 2. The molecule has 0 aromatic heterocycles. The van der Waals surface area contributed by atoms with E-state index in [4.69, 9.17) is 9.47 Å². The Morgan fingerprint density at radius 3 is 2.39 bits per heavy atom. The van der Waals surface area contributed by atoms with Crippen LogP contribution in [-0.4, -0.2) is 24.6 Å². The molecule has 0 saturated carbocycles. The van der Waals surface area contributed by atoms with Gasteiger partial charge in [-0.15, -0.1) is 0 Å². The van der Waals surface area contributed by atoms with Crippen LogP contribution in [-0.2, 0) is 19.1 Å². The van der Waals surface area contributed by atoms with E-state index in [1.165, 1.54) is 31.4 Å². The SMILES string of the molecule is CC(=O)OC[C@H](OC(C)=O)/C(C)=C/C=C/C(C)=C/C=C1/C(C)=CCCC1(C)C. The third-order valence-corrected chi connectivity index (χ3v) is 4.86. The van der Waals surface area contributed by atoms with Gasteiger partial charge in [-0.3, -0.25) is 9.59 Å². The summed E-state index contributed by atoms with van der Waals surface area (Å²) < 4.78 is 10.2. The van der Waals surface area contributed by atoms with Crippen LogP contribution >= 0.6 is 0 Å². The van der Waals surface area contributed by atoms with Crippen LogP contribution in [0.25, 0.3) is 0 Å². The number of rotatable bonds is 7. The smallest absolute Gasteiger partial charge is 0.303 e. The fourth-order valence-electron chi connectivity index (χ4n) is 3.17. The maximum atomic E-state index is 11.3. The lowest BCUT2D eigenvalue weighted by atomic mass is 9.73. The van der Waals surface area contributed by atoms with Crippen molar-refractivity contribution in [1.82, 2.24) is 0 Å². The van der Waals surface area contributed by atoms with Crippen molar-refractivity contribution in [2.75, 3.05) is 6.61 Å². The van der Waals surface area contributed by atoms with E-state index < -0.39 is 18.0 Å².